The van der Waals surface area contributed by atoms with E-state index in [1.54, 1.807) is 12.1 Å². The molecule has 2 unspecified atom stereocenters. The van der Waals surface area contributed by atoms with Gasteiger partial charge in [-0.3, -0.25) is 0 Å². The molecule has 6 aromatic rings. The average Bonchev–Trinajstić information content (AvgIpc) is 3.60. The largest absolute Gasteiger partial charge is 0.508 e. The third kappa shape index (κ3) is 8.66. The zero-order valence-electron chi connectivity index (χ0n) is 25.2. The lowest BCUT2D eigenvalue weighted by Crippen LogP contribution is -2.21. The number of benzene rings is 4. The van der Waals surface area contributed by atoms with Crippen molar-refractivity contribution >= 4 is 33.4 Å². The highest BCUT2D eigenvalue weighted by Crippen LogP contribution is 2.31. The van der Waals surface area contributed by atoms with Gasteiger partial charge in [-0.15, -0.1) is 11.6 Å². The normalized spacial score (nSPS) is 12.2. The number of hydrogen-bond acceptors (Lipinski definition) is 6. The van der Waals surface area contributed by atoms with Crippen LogP contribution in [0.3, 0.4) is 0 Å². The monoisotopic (exact) mass is 630 g/mol. The summed E-state index contributed by atoms with van der Waals surface area (Å²) in [5.74, 6) is 1.07. The first-order chi connectivity index (χ1) is 21.7. The molecule has 0 fully saturated rings. The average molecular weight is 631 g/mol. The SMILES string of the molecule is Cc1c(-c2ccc(O)cc2)[nH]c2ccccc12.Cc1c(-c2ccc(OCC(O)CO)cc2)[nH]c2ccccc12.OCC(O)CCl. The van der Waals surface area contributed by atoms with Gasteiger partial charge in [0.2, 0.25) is 0 Å². The first-order valence-corrected chi connectivity index (χ1v) is 15.1. The van der Waals surface area contributed by atoms with Gasteiger partial charge in [0.15, 0.2) is 0 Å². The highest BCUT2D eigenvalue weighted by Gasteiger charge is 2.10. The third-order valence-electron chi connectivity index (χ3n) is 7.27. The summed E-state index contributed by atoms with van der Waals surface area (Å²) in [6.45, 7) is 3.76. The van der Waals surface area contributed by atoms with Crippen LogP contribution in [-0.4, -0.2) is 73.4 Å². The van der Waals surface area contributed by atoms with Gasteiger partial charge >= 0.3 is 0 Å². The molecular formula is C36H39ClN2O6. The van der Waals surface area contributed by atoms with Gasteiger partial charge in [-0.25, -0.2) is 0 Å². The molecular weight excluding hydrogens is 592 g/mol. The molecule has 0 aliphatic rings. The van der Waals surface area contributed by atoms with Crippen molar-refractivity contribution in [3.63, 3.8) is 0 Å². The van der Waals surface area contributed by atoms with E-state index < -0.39 is 12.2 Å². The molecule has 4 aromatic carbocycles. The molecule has 9 heteroatoms. The minimum atomic E-state index is -0.851. The maximum absolute atomic E-state index is 9.30. The Kier molecular flexibility index (Phi) is 12.0. The van der Waals surface area contributed by atoms with Gasteiger partial charge in [0.05, 0.1) is 25.2 Å². The first kappa shape index (κ1) is 33.6. The molecule has 7 N–H and O–H groups in total. The van der Waals surface area contributed by atoms with Gasteiger partial charge in [0, 0.05) is 33.2 Å². The molecule has 0 saturated carbocycles. The summed E-state index contributed by atoms with van der Waals surface area (Å²) in [5, 5.41) is 46.1. The van der Waals surface area contributed by atoms with Crippen LogP contribution in [0.15, 0.2) is 97.1 Å². The van der Waals surface area contributed by atoms with E-state index in [1.807, 2.05) is 60.7 Å². The molecule has 0 radical (unpaired) electrons. The molecule has 2 atom stereocenters. The fourth-order valence-corrected chi connectivity index (χ4v) is 4.88. The standard InChI is InChI=1S/C18H19NO3.C15H13NO.C3H7ClO2/c1-12-16-4-2-3-5-17(16)19-18(12)13-6-8-15(9-7-13)22-11-14(21)10-20;1-10-13-4-2-3-5-14(13)16-15(10)11-6-8-12(17)9-7-11;4-1-3(6)2-5/h2-9,14,19-21H,10-11H2,1H3;2-9,16-17H,1H3;3,5-6H,1-2H2. The van der Waals surface area contributed by atoms with E-state index in [4.69, 9.17) is 31.7 Å². The van der Waals surface area contributed by atoms with Crippen molar-refractivity contribution in [2.75, 3.05) is 25.7 Å². The highest BCUT2D eigenvalue weighted by atomic mass is 35.5. The summed E-state index contributed by atoms with van der Waals surface area (Å²) in [7, 11) is 0. The number of aromatic amines is 2. The summed E-state index contributed by atoms with van der Waals surface area (Å²) in [6, 6.07) is 31.5. The molecule has 0 aliphatic carbocycles. The Labute approximate surface area is 267 Å². The maximum atomic E-state index is 9.30. The topological polar surface area (TPSA) is 142 Å². The molecule has 0 amide bonds. The van der Waals surface area contributed by atoms with E-state index in [-0.39, 0.29) is 25.7 Å². The smallest absolute Gasteiger partial charge is 0.119 e. The fraction of sp³-hybridized carbons (Fsp3) is 0.222. The second kappa shape index (κ2) is 16.1. The number of aliphatic hydroxyl groups excluding tert-OH is 4. The number of aryl methyl sites for hydroxylation is 2. The molecule has 6 rings (SSSR count). The van der Waals surface area contributed by atoms with Gasteiger partial charge < -0.3 is 40.2 Å². The zero-order valence-corrected chi connectivity index (χ0v) is 26.0. The second-order valence-electron chi connectivity index (χ2n) is 10.6. The summed E-state index contributed by atoms with van der Waals surface area (Å²) in [5.41, 5.74) is 9.13. The van der Waals surface area contributed by atoms with Crippen molar-refractivity contribution in [2.45, 2.75) is 26.1 Å². The lowest BCUT2D eigenvalue weighted by molar-refractivity contribution is 0.0536. The number of hydrogen-bond donors (Lipinski definition) is 7. The molecule has 0 saturated heterocycles. The minimum Gasteiger partial charge on any atom is -0.508 e. The number of phenolic OH excluding ortho intramolecular Hbond substituents is 1. The molecule has 0 bridgehead atoms. The number of aromatic nitrogens is 2. The van der Waals surface area contributed by atoms with E-state index in [9.17, 15) is 10.2 Å². The fourth-order valence-electron chi connectivity index (χ4n) is 4.78. The summed E-state index contributed by atoms with van der Waals surface area (Å²) in [6.07, 6.45) is -1.60. The number of halogens is 1. The van der Waals surface area contributed by atoms with E-state index in [2.05, 4.69) is 48.1 Å². The van der Waals surface area contributed by atoms with Crippen LogP contribution in [0, 0.1) is 13.8 Å². The molecule has 236 valence electrons. The summed E-state index contributed by atoms with van der Waals surface area (Å²) >= 11 is 5.04. The first-order valence-electron chi connectivity index (χ1n) is 14.6. The van der Waals surface area contributed by atoms with E-state index >= 15 is 0 Å². The Morgan fingerprint density at radius 2 is 1.09 bits per heavy atom. The van der Waals surface area contributed by atoms with Crippen LogP contribution in [0.25, 0.3) is 44.3 Å². The Balaban J connectivity index is 0.000000178. The van der Waals surface area contributed by atoms with Crippen LogP contribution in [0.4, 0.5) is 0 Å². The van der Waals surface area contributed by atoms with Gasteiger partial charge in [-0.1, -0.05) is 36.4 Å². The van der Waals surface area contributed by atoms with Crippen LogP contribution >= 0.6 is 11.6 Å². The maximum Gasteiger partial charge on any atom is 0.119 e. The number of ether oxygens (including phenoxy) is 1. The number of rotatable bonds is 8. The van der Waals surface area contributed by atoms with Gasteiger partial charge in [-0.05, 0) is 96.8 Å². The summed E-state index contributed by atoms with van der Waals surface area (Å²) in [4.78, 5) is 6.86. The minimum absolute atomic E-state index is 0.0846. The van der Waals surface area contributed by atoms with Crippen molar-refractivity contribution in [1.82, 2.24) is 9.97 Å². The number of aromatic hydroxyl groups is 1. The van der Waals surface area contributed by atoms with Crippen molar-refractivity contribution in [2.24, 2.45) is 0 Å². The number of para-hydroxylation sites is 2. The number of fused-ring (bicyclic) bond motifs is 2. The Bertz CT molecular complexity index is 1780. The van der Waals surface area contributed by atoms with Crippen LogP contribution in [-0.2, 0) is 0 Å². The van der Waals surface area contributed by atoms with Crippen LogP contribution < -0.4 is 4.74 Å². The Hall–Kier alpha value is -4.31. The lowest BCUT2D eigenvalue weighted by Gasteiger charge is -2.10. The predicted molar refractivity (Wildman–Crippen MR) is 181 cm³/mol. The predicted octanol–water partition coefficient (Wildman–Crippen LogP) is 6.30. The zero-order chi connectivity index (χ0) is 32.3. The van der Waals surface area contributed by atoms with Crippen LogP contribution in [0.5, 0.6) is 11.5 Å². The quantitative estimate of drug-likeness (QED) is 0.0984. The number of aliphatic hydroxyl groups is 4. The number of phenols is 1. The third-order valence-corrected chi connectivity index (χ3v) is 7.63. The second-order valence-corrected chi connectivity index (χ2v) is 10.9. The van der Waals surface area contributed by atoms with Crippen molar-refractivity contribution in [1.29, 1.82) is 0 Å². The van der Waals surface area contributed by atoms with Crippen molar-refractivity contribution in [3.05, 3.63) is 108 Å². The highest BCUT2D eigenvalue weighted by molar-refractivity contribution is 6.18. The molecule has 0 aliphatic heterocycles. The Morgan fingerprint density at radius 1 is 0.644 bits per heavy atom. The van der Waals surface area contributed by atoms with E-state index in [0.29, 0.717) is 11.5 Å². The number of alkyl halides is 1. The molecule has 0 spiro atoms. The van der Waals surface area contributed by atoms with Gasteiger partial charge in [-0.2, -0.15) is 0 Å². The molecule has 45 heavy (non-hydrogen) atoms. The lowest BCUT2D eigenvalue weighted by atomic mass is 10.1. The van der Waals surface area contributed by atoms with Gasteiger partial charge in [0.25, 0.3) is 0 Å². The van der Waals surface area contributed by atoms with Crippen LogP contribution in [0.2, 0.25) is 0 Å². The Morgan fingerprint density at radius 3 is 1.49 bits per heavy atom. The number of H-pyrrole nitrogens is 2. The van der Waals surface area contributed by atoms with E-state index in [1.165, 1.54) is 21.9 Å². The number of nitrogens with one attached hydrogen (secondary N) is 2. The van der Waals surface area contributed by atoms with Crippen LogP contribution in [0.1, 0.15) is 11.1 Å². The van der Waals surface area contributed by atoms with E-state index in [0.717, 1.165) is 33.5 Å². The van der Waals surface area contributed by atoms with Gasteiger partial charge in [0.1, 0.15) is 24.2 Å². The molecule has 2 aromatic heterocycles. The summed E-state index contributed by atoms with van der Waals surface area (Å²) < 4.78 is 5.42. The molecule has 8 nitrogen and oxygen atoms in total. The van der Waals surface area contributed by atoms with Crippen molar-refractivity contribution in [3.8, 4) is 34.0 Å². The molecule has 2 heterocycles. The van der Waals surface area contributed by atoms with Crippen molar-refractivity contribution < 1.29 is 30.3 Å².